The number of carbonyl (C=O) groups is 6. The van der Waals surface area contributed by atoms with Gasteiger partial charge < -0.3 is 104 Å². The quantitative estimate of drug-likeness (QED) is 0.0230. The maximum absolute atomic E-state index is 14.3. The lowest BCUT2D eigenvalue weighted by molar-refractivity contribution is -0.134. The summed E-state index contributed by atoms with van der Waals surface area (Å²) in [6, 6.07) is -2.17. The monoisotopic (exact) mass is 1340 g/mol. The van der Waals surface area contributed by atoms with E-state index in [1.165, 1.54) is 0 Å². The first-order valence-corrected chi connectivity index (χ1v) is 33.9. The van der Waals surface area contributed by atoms with Crippen LogP contribution in [0.1, 0.15) is 131 Å². The first kappa shape index (κ1) is 87.3. The van der Waals surface area contributed by atoms with Crippen LogP contribution in [0.3, 0.4) is 0 Å². The van der Waals surface area contributed by atoms with E-state index in [1.54, 1.807) is 0 Å². The van der Waals surface area contributed by atoms with Crippen LogP contribution in [-0.2, 0) is 95.0 Å². The molecule has 31 nitrogen and oxygen atoms in total. The third-order valence-corrected chi connectivity index (χ3v) is 14.9. The van der Waals surface area contributed by atoms with Crippen molar-refractivity contribution in [2.24, 2.45) is 34.4 Å². The Hall–Kier alpha value is -3.67. The van der Waals surface area contributed by atoms with Crippen LogP contribution < -0.4 is 49.6 Å². The molecule has 0 aromatic heterocycles. The van der Waals surface area contributed by atoms with Gasteiger partial charge in [-0.15, -0.1) is 0 Å². The molecule has 0 saturated carbocycles. The highest BCUT2D eigenvalue weighted by Crippen LogP contribution is 2.43. The number of nitrogens with two attached hydrogens (primary N) is 3. The SMILES string of the molecule is CCCCCCP(=O)(O)OCC(CO)CCCCNC(=O)CC(C)(C)CC(C)(C)CNC(=O)C(CCCCNC(=O)COCCOCCOCCON)NC(=O)C(CCCCNC(=O)COCCOCCOCCON)NC(=O)COCCOCCOCCON. The molecule has 4 unspecified atom stereocenters. The largest absolute Gasteiger partial charge is 0.396 e. The number of rotatable bonds is 67. The van der Waals surface area contributed by atoms with Gasteiger partial charge in [-0.2, -0.15) is 0 Å². The van der Waals surface area contributed by atoms with Gasteiger partial charge in [-0.25, -0.2) is 17.7 Å². The van der Waals surface area contributed by atoms with E-state index < -0.39 is 48.2 Å². The Kier molecular flexibility index (Phi) is 56.5. The molecule has 0 saturated heterocycles. The Morgan fingerprint density at radius 3 is 1.27 bits per heavy atom. The maximum Gasteiger partial charge on any atom is 0.328 e. The average Bonchev–Trinajstić information content (AvgIpc) is 2.20. The van der Waals surface area contributed by atoms with E-state index in [-0.39, 0.29) is 168 Å². The second-order valence-corrected chi connectivity index (χ2v) is 25.3. The first-order chi connectivity index (χ1) is 43.7. The molecule has 0 bridgehead atoms. The molecular weight excluding hydrogens is 1220 g/mol. The Morgan fingerprint density at radius 2 is 0.846 bits per heavy atom. The summed E-state index contributed by atoms with van der Waals surface area (Å²) < 4.78 is 66.3. The minimum Gasteiger partial charge on any atom is -0.396 e. The van der Waals surface area contributed by atoms with Crippen LogP contribution in [0.25, 0.3) is 0 Å². The number of aliphatic hydroxyl groups is 1. The lowest BCUT2D eigenvalue weighted by atomic mass is 9.73. The predicted octanol–water partition coefficient (Wildman–Crippen LogP) is 0.975. The van der Waals surface area contributed by atoms with Crippen molar-refractivity contribution in [1.82, 2.24) is 31.9 Å². The number of aliphatic hydroxyl groups excluding tert-OH is 1. The molecule has 0 rings (SSSR count). The van der Waals surface area contributed by atoms with Gasteiger partial charge >= 0.3 is 7.60 Å². The van der Waals surface area contributed by atoms with Crippen molar-refractivity contribution < 1.29 is 105 Å². The van der Waals surface area contributed by atoms with Crippen molar-refractivity contribution in [3.63, 3.8) is 0 Å². The summed E-state index contributed by atoms with van der Waals surface area (Å²) in [6.45, 7) is 15.0. The Morgan fingerprint density at radius 1 is 0.451 bits per heavy atom. The Bertz CT molecular complexity index is 1890. The van der Waals surface area contributed by atoms with Gasteiger partial charge in [-0.05, 0) is 75.0 Å². The normalized spacial score (nSPS) is 13.5. The number of unbranched alkanes of at least 4 members (excludes halogenated alkanes) is 6. The van der Waals surface area contributed by atoms with Gasteiger partial charge in [-0.3, -0.25) is 33.3 Å². The van der Waals surface area contributed by atoms with Crippen molar-refractivity contribution in [2.75, 3.05) is 184 Å². The lowest BCUT2D eigenvalue weighted by Gasteiger charge is -2.35. The number of hydrogen-bond acceptors (Lipinski definition) is 24. The van der Waals surface area contributed by atoms with Gasteiger partial charge in [0.2, 0.25) is 35.4 Å². The number of nitrogens with one attached hydrogen (secondary N) is 6. The number of amides is 6. The lowest BCUT2D eigenvalue weighted by Crippen LogP contribution is -2.55. The van der Waals surface area contributed by atoms with E-state index in [4.69, 9.17) is 64.8 Å². The third-order valence-electron chi connectivity index (χ3n) is 13.5. The zero-order valence-electron chi connectivity index (χ0n) is 55.4. The summed E-state index contributed by atoms with van der Waals surface area (Å²) in [5.41, 5.74) is -1.03. The number of carbonyl (C=O) groups excluding carboxylic acids is 6. The Labute approximate surface area is 540 Å². The van der Waals surface area contributed by atoms with Crippen molar-refractivity contribution in [3.8, 4) is 0 Å². The summed E-state index contributed by atoms with van der Waals surface area (Å²) in [5, 5.41) is 27.1. The molecule has 536 valence electrons. The van der Waals surface area contributed by atoms with Crippen LogP contribution in [0.15, 0.2) is 0 Å². The molecule has 0 aromatic rings. The number of hydrogen-bond donors (Lipinski definition) is 11. The number of ether oxygens (including phenoxy) is 9. The minimum atomic E-state index is -3.72. The van der Waals surface area contributed by atoms with Crippen LogP contribution in [-0.4, -0.2) is 242 Å². The molecule has 91 heavy (non-hydrogen) atoms. The van der Waals surface area contributed by atoms with Crippen LogP contribution in [0.5, 0.6) is 0 Å². The standard InChI is InChI=1S/C59H118N9O22P/c1-6-7-8-15-40-91(76,77)90-43-49(42-69)16-9-12-19-63-52(70)41-58(2,3)47-59(4,5)48-66-56(74)50(17-10-13-20-64-53(71)44-84-31-28-78-22-25-81-34-37-87-60)68-57(75)51(67-55(73)46-86-33-30-80-24-27-83-36-39-89-62)18-11-14-21-65-54(72)45-85-32-29-79-23-26-82-35-38-88-61/h49-51,69H,6-48,60-62H2,1-5H3,(H,63,70)(H,64,71)(H,65,72)(H,66,74)(H,67,73)(H,68,75)(H,76,77). The van der Waals surface area contributed by atoms with E-state index >= 15 is 0 Å². The minimum absolute atomic E-state index is 0.0132. The molecule has 0 aliphatic carbocycles. The van der Waals surface area contributed by atoms with Crippen LogP contribution in [0.4, 0.5) is 0 Å². The Balaban J connectivity index is 5.82. The molecule has 0 spiro atoms. The van der Waals surface area contributed by atoms with E-state index in [2.05, 4.69) is 53.3 Å². The molecule has 4 atom stereocenters. The molecule has 0 heterocycles. The maximum atomic E-state index is 14.3. The first-order valence-electron chi connectivity index (χ1n) is 32.1. The fraction of sp³-hybridized carbons (Fsp3) is 0.898. The van der Waals surface area contributed by atoms with Gasteiger partial charge in [0, 0.05) is 51.3 Å². The highest BCUT2D eigenvalue weighted by Gasteiger charge is 2.33. The second kappa shape index (κ2) is 58.9. The molecule has 0 aromatic carbocycles. The highest BCUT2D eigenvalue weighted by molar-refractivity contribution is 7.52. The molecule has 0 radical (unpaired) electrons. The van der Waals surface area contributed by atoms with Crippen LogP contribution in [0, 0.1) is 16.7 Å². The van der Waals surface area contributed by atoms with Crippen molar-refractivity contribution in [2.45, 2.75) is 143 Å². The summed E-state index contributed by atoms with van der Waals surface area (Å²) in [7, 11) is -3.72. The predicted molar refractivity (Wildman–Crippen MR) is 337 cm³/mol. The summed E-state index contributed by atoms with van der Waals surface area (Å²) in [6.07, 6.45) is 8.15. The summed E-state index contributed by atoms with van der Waals surface area (Å²) >= 11 is 0. The summed E-state index contributed by atoms with van der Waals surface area (Å²) in [4.78, 5) is 104. The molecule has 14 N–H and O–H groups in total. The van der Waals surface area contributed by atoms with Crippen molar-refractivity contribution >= 4 is 43.0 Å². The van der Waals surface area contributed by atoms with Crippen molar-refractivity contribution in [3.05, 3.63) is 0 Å². The van der Waals surface area contributed by atoms with E-state index in [9.17, 15) is 43.3 Å². The smallest absolute Gasteiger partial charge is 0.328 e. The average molecular weight is 1340 g/mol. The van der Waals surface area contributed by atoms with Crippen LogP contribution >= 0.6 is 7.60 Å². The van der Waals surface area contributed by atoms with Gasteiger partial charge in [0.05, 0.1) is 126 Å². The molecular formula is C59H118N9O22P. The zero-order chi connectivity index (χ0) is 67.5. The van der Waals surface area contributed by atoms with Gasteiger partial charge in [-0.1, -0.05) is 60.3 Å². The van der Waals surface area contributed by atoms with E-state index in [1.807, 2.05) is 27.7 Å². The molecule has 6 amide bonds. The van der Waals surface area contributed by atoms with E-state index in [0.29, 0.717) is 117 Å². The topological polar surface area (TPSA) is 430 Å². The zero-order valence-corrected chi connectivity index (χ0v) is 56.3. The molecule has 0 aliphatic rings. The van der Waals surface area contributed by atoms with Crippen molar-refractivity contribution in [1.29, 1.82) is 0 Å². The fourth-order valence-electron chi connectivity index (χ4n) is 9.09. The van der Waals surface area contributed by atoms with E-state index in [0.717, 1.165) is 19.3 Å². The molecule has 0 aliphatic heterocycles. The molecule has 0 fully saturated rings. The van der Waals surface area contributed by atoms with Crippen LogP contribution in [0.2, 0.25) is 0 Å². The molecule has 32 heteroatoms. The van der Waals surface area contributed by atoms with Gasteiger partial charge in [0.1, 0.15) is 31.9 Å². The summed E-state index contributed by atoms with van der Waals surface area (Å²) in [5.74, 6) is 12.1. The fourth-order valence-corrected chi connectivity index (χ4v) is 10.3. The third kappa shape index (κ3) is 56.4. The van der Waals surface area contributed by atoms with Gasteiger partial charge in [0.25, 0.3) is 0 Å². The second-order valence-electron chi connectivity index (χ2n) is 23.3. The highest BCUT2D eigenvalue weighted by atomic mass is 31.2. The van der Waals surface area contributed by atoms with Gasteiger partial charge in [0.15, 0.2) is 0 Å².